The fraction of sp³-hybridized carbons (Fsp3) is 0.348. The minimum absolute atomic E-state index is 0. The van der Waals surface area contributed by atoms with Crippen molar-refractivity contribution in [2.24, 2.45) is 0 Å². The zero-order valence-electron chi connectivity index (χ0n) is 18.3. The molecule has 0 spiro atoms. The number of carbonyl (C=O) groups excluding carboxylic acids is 3. The molecule has 32 heavy (non-hydrogen) atoms. The molecule has 1 aliphatic heterocycles. The van der Waals surface area contributed by atoms with Gasteiger partial charge in [0.1, 0.15) is 6.54 Å². The van der Waals surface area contributed by atoms with E-state index in [1.807, 2.05) is 12.1 Å². The number of carbonyl (C=O) groups is 3. The van der Waals surface area contributed by atoms with Gasteiger partial charge in [0.05, 0.1) is 12.2 Å². The standard InChI is InChI=1S/C23H28N4O4.ClH/c1-3-26(4-2)14-13-24-23(30)17-9-11-18(12-10-17)25-21(28)15-27-16-22(29)31-20-8-6-5-7-19(20)27;/h5-12H,3-4,13-16H2,1-2H3,(H,24,30)(H,25,28);1H. The predicted molar refractivity (Wildman–Crippen MR) is 127 cm³/mol. The van der Waals surface area contributed by atoms with E-state index in [2.05, 4.69) is 29.4 Å². The first-order valence-corrected chi connectivity index (χ1v) is 10.4. The highest BCUT2D eigenvalue weighted by Crippen LogP contribution is 2.31. The Morgan fingerprint density at radius 1 is 1.06 bits per heavy atom. The lowest BCUT2D eigenvalue weighted by Crippen LogP contribution is -2.41. The van der Waals surface area contributed by atoms with Gasteiger partial charge in [-0.3, -0.25) is 9.59 Å². The Balaban J connectivity index is 0.00000363. The summed E-state index contributed by atoms with van der Waals surface area (Å²) in [6, 6.07) is 13.8. The van der Waals surface area contributed by atoms with Crippen LogP contribution in [0.1, 0.15) is 24.2 Å². The van der Waals surface area contributed by atoms with E-state index in [1.165, 1.54) is 0 Å². The fourth-order valence-corrected chi connectivity index (χ4v) is 3.39. The number of halogens is 1. The molecule has 3 rings (SSSR count). The van der Waals surface area contributed by atoms with Crippen molar-refractivity contribution in [2.75, 3.05) is 49.5 Å². The molecule has 1 heterocycles. The second-order valence-electron chi connectivity index (χ2n) is 7.21. The van der Waals surface area contributed by atoms with Crippen molar-refractivity contribution in [2.45, 2.75) is 13.8 Å². The summed E-state index contributed by atoms with van der Waals surface area (Å²) < 4.78 is 5.20. The Kier molecular flexibility index (Phi) is 9.49. The van der Waals surface area contributed by atoms with Gasteiger partial charge >= 0.3 is 5.97 Å². The average molecular weight is 461 g/mol. The molecule has 0 aliphatic carbocycles. The number of rotatable bonds is 9. The van der Waals surface area contributed by atoms with Crippen molar-refractivity contribution in [3.63, 3.8) is 0 Å². The molecule has 0 atom stereocenters. The van der Waals surface area contributed by atoms with Crippen molar-refractivity contribution < 1.29 is 19.1 Å². The molecule has 2 amide bonds. The Morgan fingerprint density at radius 3 is 2.44 bits per heavy atom. The van der Waals surface area contributed by atoms with Crippen LogP contribution in [0.25, 0.3) is 0 Å². The third-order valence-electron chi connectivity index (χ3n) is 5.12. The first kappa shape index (κ1) is 25.2. The SMILES string of the molecule is CCN(CC)CCNC(=O)c1ccc(NC(=O)CN2CC(=O)Oc3ccccc32)cc1.Cl. The lowest BCUT2D eigenvalue weighted by molar-refractivity contribution is -0.133. The molecule has 2 aromatic rings. The van der Waals surface area contributed by atoms with E-state index in [4.69, 9.17) is 4.74 Å². The van der Waals surface area contributed by atoms with Gasteiger partial charge in [-0.1, -0.05) is 26.0 Å². The zero-order valence-corrected chi connectivity index (χ0v) is 19.1. The number of para-hydroxylation sites is 2. The number of nitrogens with one attached hydrogen (secondary N) is 2. The highest BCUT2D eigenvalue weighted by Gasteiger charge is 2.25. The van der Waals surface area contributed by atoms with Crippen molar-refractivity contribution in [3.05, 3.63) is 54.1 Å². The number of nitrogens with zero attached hydrogens (tertiary/aromatic N) is 2. The van der Waals surface area contributed by atoms with Crippen LogP contribution in [0.5, 0.6) is 5.75 Å². The molecule has 0 saturated carbocycles. The largest absolute Gasteiger partial charge is 0.423 e. The molecule has 0 radical (unpaired) electrons. The monoisotopic (exact) mass is 460 g/mol. The van der Waals surface area contributed by atoms with Crippen molar-refractivity contribution in [3.8, 4) is 5.75 Å². The van der Waals surface area contributed by atoms with Crippen LogP contribution < -0.4 is 20.3 Å². The number of hydrogen-bond donors (Lipinski definition) is 2. The number of esters is 1. The quantitative estimate of drug-likeness (QED) is 0.441. The van der Waals surface area contributed by atoms with Crippen LogP contribution >= 0.6 is 12.4 Å². The van der Waals surface area contributed by atoms with Crippen LogP contribution in [-0.4, -0.2) is 62.0 Å². The Morgan fingerprint density at radius 2 is 1.75 bits per heavy atom. The van der Waals surface area contributed by atoms with Gasteiger partial charge in [-0.05, 0) is 49.5 Å². The van der Waals surface area contributed by atoms with Gasteiger partial charge in [0, 0.05) is 24.3 Å². The minimum Gasteiger partial charge on any atom is -0.423 e. The molecule has 2 N–H and O–H groups in total. The number of likely N-dealkylation sites (N-methyl/N-ethyl adjacent to an activating group) is 1. The van der Waals surface area contributed by atoms with Gasteiger partial charge in [-0.2, -0.15) is 0 Å². The molecule has 1 aliphatic rings. The molecule has 9 heteroatoms. The summed E-state index contributed by atoms with van der Waals surface area (Å²) in [4.78, 5) is 40.5. The van der Waals surface area contributed by atoms with Crippen molar-refractivity contribution in [1.29, 1.82) is 0 Å². The third kappa shape index (κ3) is 6.70. The maximum Gasteiger partial charge on any atom is 0.331 e. The molecule has 0 fully saturated rings. The number of benzene rings is 2. The van der Waals surface area contributed by atoms with Crippen LogP contribution in [0.3, 0.4) is 0 Å². The number of ether oxygens (including phenoxy) is 1. The smallest absolute Gasteiger partial charge is 0.331 e. The molecule has 0 aromatic heterocycles. The second-order valence-corrected chi connectivity index (χ2v) is 7.21. The van der Waals surface area contributed by atoms with Gasteiger partial charge in [0.15, 0.2) is 5.75 Å². The predicted octanol–water partition coefficient (Wildman–Crippen LogP) is 2.54. The zero-order chi connectivity index (χ0) is 22.2. The summed E-state index contributed by atoms with van der Waals surface area (Å²) in [6.07, 6.45) is 0. The van der Waals surface area contributed by atoms with Crippen LogP contribution in [0, 0.1) is 0 Å². The number of anilines is 2. The maximum atomic E-state index is 12.5. The van der Waals surface area contributed by atoms with Crippen LogP contribution in [0.2, 0.25) is 0 Å². The Hall–Kier alpha value is -3.10. The summed E-state index contributed by atoms with van der Waals surface area (Å²) in [5.41, 5.74) is 1.82. The number of hydrogen-bond acceptors (Lipinski definition) is 6. The number of amides is 2. The molecule has 0 unspecified atom stereocenters. The minimum atomic E-state index is -0.400. The normalized spacial score (nSPS) is 12.5. The van der Waals surface area contributed by atoms with Gasteiger partial charge in [-0.15, -0.1) is 12.4 Å². The first-order chi connectivity index (χ1) is 15.0. The highest BCUT2D eigenvalue weighted by atomic mass is 35.5. The van der Waals surface area contributed by atoms with E-state index in [0.717, 1.165) is 19.6 Å². The summed E-state index contributed by atoms with van der Waals surface area (Å²) >= 11 is 0. The Bertz CT molecular complexity index is 932. The van der Waals surface area contributed by atoms with E-state index in [1.54, 1.807) is 41.3 Å². The molecule has 172 valence electrons. The summed E-state index contributed by atoms with van der Waals surface area (Å²) in [5.74, 6) is -0.361. The lowest BCUT2D eigenvalue weighted by atomic mass is 10.2. The van der Waals surface area contributed by atoms with Gasteiger partial charge in [0.2, 0.25) is 5.91 Å². The maximum absolute atomic E-state index is 12.5. The van der Waals surface area contributed by atoms with E-state index in [9.17, 15) is 14.4 Å². The highest BCUT2D eigenvalue weighted by molar-refractivity contribution is 5.98. The summed E-state index contributed by atoms with van der Waals surface area (Å²) in [7, 11) is 0. The molecule has 0 bridgehead atoms. The van der Waals surface area contributed by atoms with E-state index in [-0.39, 0.29) is 37.3 Å². The first-order valence-electron chi connectivity index (χ1n) is 10.4. The summed E-state index contributed by atoms with van der Waals surface area (Å²) in [5, 5.41) is 5.71. The summed E-state index contributed by atoms with van der Waals surface area (Å²) in [6.45, 7) is 7.49. The fourth-order valence-electron chi connectivity index (χ4n) is 3.39. The average Bonchev–Trinajstić information content (AvgIpc) is 2.77. The van der Waals surface area contributed by atoms with Gasteiger partial charge in [-0.25, -0.2) is 4.79 Å². The van der Waals surface area contributed by atoms with Crippen LogP contribution in [0.4, 0.5) is 11.4 Å². The third-order valence-corrected chi connectivity index (χ3v) is 5.12. The second kappa shape index (κ2) is 12.1. The lowest BCUT2D eigenvalue weighted by Gasteiger charge is -2.29. The molecule has 2 aromatic carbocycles. The molecule has 0 saturated heterocycles. The van der Waals surface area contributed by atoms with Gasteiger partial charge in [0.25, 0.3) is 5.91 Å². The topological polar surface area (TPSA) is 91.0 Å². The van der Waals surface area contributed by atoms with E-state index >= 15 is 0 Å². The van der Waals surface area contributed by atoms with Crippen LogP contribution in [-0.2, 0) is 9.59 Å². The Labute approximate surface area is 194 Å². The molecule has 8 nitrogen and oxygen atoms in total. The van der Waals surface area contributed by atoms with E-state index < -0.39 is 5.97 Å². The molecular weight excluding hydrogens is 432 g/mol. The van der Waals surface area contributed by atoms with Crippen LogP contribution in [0.15, 0.2) is 48.5 Å². The number of fused-ring (bicyclic) bond motifs is 1. The van der Waals surface area contributed by atoms with Crippen molar-refractivity contribution >= 4 is 41.6 Å². The van der Waals surface area contributed by atoms with Gasteiger partial charge < -0.3 is 25.2 Å². The van der Waals surface area contributed by atoms with Crippen molar-refractivity contribution in [1.82, 2.24) is 10.2 Å². The van der Waals surface area contributed by atoms with E-state index in [0.29, 0.717) is 29.2 Å². The molecular formula is C23H29ClN4O4.